The Kier molecular flexibility index (Phi) is 4.46. The topological polar surface area (TPSA) is 75.5 Å². The molecule has 2 heterocycles. The highest BCUT2D eigenvalue weighted by Crippen LogP contribution is 2.52. The molecule has 1 aromatic heterocycles. The highest BCUT2D eigenvalue weighted by Gasteiger charge is 2.59. The van der Waals surface area contributed by atoms with Crippen molar-refractivity contribution < 1.29 is 26.4 Å². The first-order valence-corrected chi connectivity index (χ1v) is 10.1. The molecule has 2 aromatic rings. The van der Waals surface area contributed by atoms with Gasteiger partial charge in [0.15, 0.2) is 5.03 Å². The van der Waals surface area contributed by atoms with Crippen molar-refractivity contribution >= 4 is 15.9 Å². The molecule has 0 N–H and O–H groups in total. The van der Waals surface area contributed by atoms with Gasteiger partial charge in [-0.25, -0.2) is 21.6 Å². The fraction of sp³-hybridized carbons (Fsp3) is 0.412. The molecule has 1 aliphatic heterocycles. The number of sulfonamides is 1. The van der Waals surface area contributed by atoms with Crippen LogP contribution in [-0.4, -0.2) is 65.4 Å². The van der Waals surface area contributed by atoms with Crippen molar-refractivity contribution in [3.05, 3.63) is 47.9 Å². The van der Waals surface area contributed by atoms with Crippen molar-refractivity contribution in [3.8, 4) is 0 Å². The number of hydrogen-bond acceptors (Lipinski definition) is 4. The van der Waals surface area contributed by atoms with Crippen LogP contribution in [0.3, 0.4) is 0 Å². The Labute approximate surface area is 159 Å². The number of alkyl halides is 2. The van der Waals surface area contributed by atoms with Gasteiger partial charge in [-0.2, -0.15) is 9.40 Å². The summed E-state index contributed by atoms with van der Waals surface area (Å²) in [6, 6.07) is 5.24. The lowest BCUT2D eigenvalue weighted by atomic mass is 10.2. The maximum atomic E-state index is 13.1. The van der Waals surface area contributed by atoms with Crippen LogP contribution in [0.5, 0.6) is 0 Å². The van der Waals surface area contributed by atoms with Crippen molar-refractivity contribution in [2.75, 3.05) is 26.2 Å². The van der Waals surface area contributed by atoms with Gasteiger partial charge in [-0.15, -0.1) is 0 Å². The molecule has 0 spiro atoms. The minimum Gasteiger partial charge on any atom is -0.336 e. The van der Waals surface area contributed by atoms with Gasteiger partial charge in [0.25, 0.3) is 21.9 Å². The molecule has 1 unspecified atom stereocenters. The second-order valence-electron chi connectivity index (χ2n) is 6.82. The molecule has 1 aromatic carbocycles. The number of carbonyl (C=O) groups is 1. The standard InChI is InChI=1S/C17H17F3N4O3S/c18-13-3-1-12(2-4-13)16(25)22-7-9-23(10-8-22)28(26,27)15-5-6-24(21-15)14-11-17(14,19)20/h1-6,14H,7-11H2. The highest BCUT2D eigenvalue weighted by atomic mass is 32.2. The van der Waals surface area contributed by atoms with E-state index in [9.17, 15) is 26.4 Å². The zero-order chi connectivity index (χ0) is 20.1. The zero-order valence-electron chi connectivity index (χ0n) is 14.6. The summed E-state index contributed by atoms with van der Waals surface area (Å²) in [6.07, 6.45) is 0.894. The molecular formula is C17H17F3N4O3S. The number of hydrogen-bond donors (Lipinski definition) is 0. The van der Waals surface area contributed by atoms with E-state index in [4.69, 9.17) is 0 Å². The third kappa shape index (κ3) is 3.39. The van der Waals surface area contributed by atoms with E-state index in [0.717, 1.165) is 4.68 Å². The quantitative estimate of drug-likeness (QED) is 0.764. The van der Waals surface area contributed by atoms with Gasteiger partial charge in [0, 0.05) is 44.4 Å². The summed E-state index contributed by atoms with van der Waals surface area (Å²) in [5.41, 5.74) is 0.321. The fourth-order valence-corrected chi connectivity index (χ4v) is 4.50. The lowest BCUT2D eigenvalue weighted by Gasteiger charge is -2.33. The van der Waals surface area contributed by atoms with E-state index in [0.29, 0.717) is 5.56 Å². The maximum absolute atomic E-state index is 13.1. The summed E-state index contributed by atoms with van der Waals surface area (Å²) in [6.45, 7) is 0.442. The van der Waals surface area contributed by atoms with Gasteiger partial charge in [-0.1, -0.05) is 0 Å². The first-order chi connectivity index (χ1) is 13.2. The molecule has 150 valence electrons. The number of benzene rings is 1. The zero-order valence-corrected chi connectivity index (χ0v) is 15.4. The number of piperazine rings is 1. The third-order valence-electron chi connectivity index (χ3n) is 4.92. The number of rotatable bonds is 4. The predicted molar refractivity (Wildman–Crippen MR) is 91.9 cm³/mol. The van der Waals surface area contributed by atoms with Gasteiger partial charge in [0.2, 0.25) is 0 Å². The van der Waals surface area contributed by atoms with Crippen molar-refractivity contribution in [2.24, 2.45) is 0 Å². The minimum atomic E-state index is -3.93. The van der Waals surface area contributed by atoms with E-state index in [1.807, 2.05) is 0 Å². The summed E-state index contributed by atoms with van der Waals surface area (Å²) in [5.74, 6) is -3.60. The molecule has 28 heavy (non-hydrogen) atoms. The SMILES string of the molecule is O=C(c1ccc(F)cc1)N1CCN(S(=O)(=O)c2ccn(C3CC3(F)F)n2)CC1. The van der Waals surface area contributed by atoms with Crippen LogP contribution in [0.4, 0.5) is 13.2 Å². The Morgan fingerprint density at radius 3 is 2.25 bits per heavy atom. The highest BCUT2D eigenvalue weighted by molar-refractivity contribution is 7.89. The second-order valence-corrected chi connectivity index (χ2v) is 8.70. The molecule has 0 bridgehead atoms. The molecule has 4 rings (SSSR count). The maximum Gasteiger partial charge on any atom is 0.272 e. The van der Waals surface area contributed by atoms with Crippen LogP contribution < -0.4 is 0 Å². The number of carbonyl (C=O) groups excluding carboxylic acids is 1. The second kappa shape index (κ2) is 6.59. The molecule has 1 aliphatic carbocycles. The first kappa shape index (κ1) is 18.9. The van der Waals surface area contributed by atoms with E-state index in [1.165, 1.54) is 45.7 Å². The van der Waals surface area contributed by atoms with Crippen molar-refractivity contribution in [1.82, 2.24) is 19.0 Å². The number of aromatic nitrogens is 2. The summed E-state index contributed by atoms with van der Waals surface area (Å²) in [5, 5.41) is 3.53. The number of amides is 1. The Bertz CT molecular complexity index is 999. The van der Waals surface area contributed by atoms with Gasteiger partial charge in [-0.3, -0.25) is 9.48 Å². The van der Waals surface area contributed by atoms with Gasteiger partial charge >= 0.3 is 0 Å². The van der Waals surface area contributed by atoms with Crippen molar-refractivity contribution in [1.29, 1.82) is 0 Å². The lowest BCUT2D eigenvalue weighted by Crippen LogP contribution is -2.50. The molecule has 0 radical (unpaired) electrons. The van der Waals surface area contributed by atoms with Crippen molar-refractivity contribution in [2.45, 2.75) is 23.4 Å². The molecule has 1 atom stereocenters. The van der Waals surface area contributed by atoms with Crippen LogP contribution in [0.15, 0.2) is 41.6 Å². The number of nitrogens with zero attached hydrogens (tertiary/aromatic N) is 4. The summed E-state index contributed by atoms with van der Waals surface area (Å²) in [4.78, 5) is 13.9. The van der Waals surface area contributed by atoms with Crippen LogP contribution in [0.25, 0.3) is 0 Å². The summed E-state index contributed by atoms with van der Waals surface area (Å²) >= 11 is 0. The molecule has 2 fully saturated rings. The van der Waals surface area contributed by atoms with E-state index in [2.05, 4.69) is 5.10 Å². The van der Waals surface area contributed by atoms with Crippen molar-refractivity contribution in [3.63, 3.8) is 0 Å². The smallest absolute Gasteiger partial charge is 0.272 e. The molecule has 2 aliphatic rings. The van der Waals surface area contributed by atoms with E-state index in [-0.39, 0.29) is 43.5 Å². The van der Waals surface area contributed by atoms with Crippen LogP contribution in [0.1, 0.15) is 22.8 Å². The average molecular weight is 414 g/mol. The normalized spacial score (nSPS) is 22.2. The molecule has 11 heteroatoms. The van der Waals surface area contributed by atoms with E-state index < -0.39 is 27.8 Å². The Morgan fingerprint density at radius 1 is 1.07 bits per heavy atom. The summed E-state index contributed by atoms with van der Waals surface area (Å²) < 4.78 is 66.9. The first-order valence-electron chi connectivity index (χ1n) is 8.66. The van der Waals surface area contributed by atoms with Crippen LogP contribution in [-0.2, 0) is 10.0 Å². The largest absolute Gasteiger partial charge is 0.336 e. The Hall–Kier alpha value is -2.40. The number of halogens is 3. The molecular weight excluding hydrogens is 397 g/mol. The third-order valence-corrected chi connectivity index (χ3v) is 6.71. The molecule has 7 nitrogen and oxygen atoms in total. The molecule has 1 saturated heterocycles. The van der Waals surface area contributed by atoms with E-state index >= 15 is 0 Å². The van der Waals surface area contributed by atoms with Crippen LogP contribution >= 0.6 is 0 Å². The van der Waals surface area contributed by atoms with Gasteiger partial charge in [-0.05, 0) is 30.3 Å². The summed E-state index contributed by atoms with van der Waals surface area (Å²) in [7, 11) is -3.93. The molecule has 1 amide bonds. The van der Waals surface area contributed by atoms with Gasteiger partial charge < -0.3 is 4.90 Å². The average Bonchev–Trinajstić information content (AvgIpc) is 3.08. The monoisotopic (exact) mass is 414 g/mol. The van der Waals surface area contributed by atoms with Gasteiger partial charge in [0.05, 0.1) is 0 Å². The Balaban J connectivity index is 1.41. The Morgan fingerprint density at radius 2 is 1.68 bits per heavy atom. The molecule has 1 saturated carbocycles. The predicted octanol–water partition coefficient (Wildman–Crippen LogP) is 1.75. The van der Waals surface area contributed by atoms with E-state index in [1.54, 1.807) is 0 Å². The van der Waals surface area contributed by atoms with Crippen LogP contribution in [0, 0.1) is 5.82 Å². The lowest BCUT2D eigenvalue weighted by molar-refractivity contribution is 0.0697. The van der Waals surface area contributed by atoms with Gasteiger partial charge in [0.1, 0.15) is 11.9 Å². The van der Waals surface area contributed by atoms with Crippen LogP contribution in [0.2, 0.25) is 0 Å². The fourth-order valence-electron chi connectivity index (χ4n) is 3.16. The minimum absolute atomic E-state index is 0.0573.